The Labute approximate surface area is 118 Å². The van der Waals surface area contributed by atoms with Gasteiger partial charge in [0.2, 0.25) is 0 Å². The predicted molar refractivity (Wildman–Crippen MR) is 70.7 cm³/mol. The van der Waals surface area contributed by atoms with Crippen LogP contribution in [0, 0.1) is 11.6 Å². The molecule has 0 aliphatic carbocycles. The summed E-state index contributed by atoms with van der Waals surface area (Å²) in [7, 11) is -3.29. The lowest BCUT2D eigenvalue weighted by Gasteiger charge is -2.13. The Morgan fingerprint density at radius 2 is 1.84 bits per heavy atom. The molecule has 0 aliphatic heterocycles. The van der Waals surface area contributed by atoms with Gasteiger partial charge in [0.15, 0.2) is 0 Å². The van der Waals surface area contributed by atoms with Crippen LogP contribution in [0.4, 0.5) is 8.78 Å². The summed E-state index contributed by atoms with van der Waals surface area (Å²) >= 11 is 2.90. The zero-order chi connectivity index (χ0) is 14.8. The summed E-state index contributed by atoms with van der Waals surface area (Å²) in [6, 6.07) is 1.17. The summed E-state index contributed by atoms with van der Waals surface area (Å²) in [5, 5.41) is 2.24. The molecule has 1 unspecified atom stereocenters. The van der Waals surface area contributed by atoms with E-state index in [1.807, 2.05) is 0 Å². The molecule has 1 atom stereocenters. The predicted octanol–water partition coefficient (Wildman–Crippen LogP) is 1.89. The number of carbonyl (C=O) groups excluding carboxylic acids is 1. The van der Waals surface area contributed by atoms with Gasteiger partial charge < -0.3 is 5.32 Å². The lowest BCUT2D eigenvalue weighted by molar-refractivity contribution is 0.0935. The Balaban J connectivity index is 2.91. The molecule has 0 aromatic heterocycles. The Morgan fingerprint density at radius 1 is 1.37 bits per heavy atom. The van der Waals surface area contributed by atoms with Gasteiger partial charge >= 0.3 is 0 Å². The maximum absolute atomic E-state index is 13.5. The van der Waals surface area contributed by atoms with Crippen molar-refractivity contribution in [2.75, 3.05) is 12.0 Å². The van der Waals surface area contributed by atoms with Crippen LogP contribution >= 0.6 is 15.9 Å². The van der Waals surface area contributed by atoms with Crippen molar-refractivity contribution in [1.82, 2.24) is 5.32 Å². The molecule has 1 amide bonds. The third-order valence-electron chi connectivity index (χ3n) is 2.16. The van der Waals surface area contributed by atoms with Gasteiger partial charge in [0.25, 0.3) is 5.91 Å². The van der Waals surface area contributed by atoms with Gasteiger partial charge in [0, 0.05) is 16.8 Å². The van der Waals surface area contributed by atoms with Crippen molar-refractivity contribution >= 4 is 31.7 Å². The molecule has 106 valence electrons. The summed E-state index contributed by atoms with van der Waals surface area (Å²) in [6.45, 7) is 1.44. The van der Waals surface area contributed by atoms with E-state index in [9.17, 15) is 22.0 Å². The van der Waals surface area contributed by atoms with Gasteiger partial charge in [-0.1, -0.05) is 15.9 Å². The van der Waals surface area contributed by atoms with E-state index < -0.39 is 39.0 Å². The van der Waals surface area contributed by atoms with E-state index in [-0.39, 0.29) is 10.2 Å². The average Bonchev–Trinajstić information content (AvgIpc) is 2.10. The van der Waals surface area contributed by atoms with Crippen LogP contribution in [0.3, 0.4) is 0 Å². The minimum atomic E-state index is -3.29. The second-order valence-electron chi connectivity index (χ2n) is 4.21. The van der Waals surface area contributed by atoms with E-state index in [1.54, 1.807) is 0 Å². The maximum atomic E-state index is 13.5. The molecule has 0 saturated carbocycles. The van der Waals surface area contributed by atoms with Crippen molar-refractivity contribution in [3.8, 4) is 0 Å². The molecule has 0 spiro atoms. The summed E-state index contributed by atoms with van der Waals surface area (Å²) in [6.07, 6.45) is 1.01. The van der Waals surface area contributed by atoms with Crippen LogP contribution in [-0.4, -0.2) is 32.4 Å². The highest BCUT2D eigenvalue weighted by Gasteiger charge is 2.21. The van der Waals surface area contributed by atoms with E-state index in [4.69, 9.17) is 0 Å². The van der Waals surface area contributed by atoms with Crippen molar-refractivity contribution < 1.29 is 22.0 Å². The second-order valence-corrected chi connectivity index (χ2v) is 7.31. The number of halogens is 3. The molecule has 8 heteroatoms. The first kappa shape index (κ1) is 16.0. The molecule has 0 heterocycles. The molecule has 4 nitrogen and oxygen atoms in total. The first-order chi connectivity index (χ1) is 8.60. The van der Waals surface area contributed by atoms with E-state index in [2.05, 4.69) is 21.2 Å². The van der Waals surface area contributed by atoms with Crippen LogP contribution in [0.5, 0.6) is 0 Å². The van der Waals surface area contributed by atoms with Gasteiger partial charge in [-0.05, 0) is 19.1 Å². The monoisotopic (exact) mass is 355 g/mol. The fraction of sp³-hybridized carbons (Fsp3) is 0.364. The molecule has 0 aliphatic rings. The lowest BCUT2D eigenvalue weighted by Crippen LogP contribution is -2.38. The van der Waals surface area contributed by atoms with Crippen LogP contribution < -0.4 is 5.32 Å². The fourth-order valence-electron chi connectivity index (χ4n) is 1.55. The average molecular weight is 356 g/mol. The smallest absolute Gasteiger partial charge is 0.257 e. The molecule has 1 rings (SSSR count). The van der Waals surface area contributed by atoms with Crippen molar-refractivity contribution in [2.45, 2.75) is 13.0 Å². The van der Waals surface area contributed by atoms with Gasteiger partial charge in [-0.15, -0.1) is 0 Å². The molecule has 0 radical (unpaired) electrons. The van der Waals surface area contributed by atoms with Crippen LogP contribution in [-0.2, 0) is 9.84 Å². The van der Waals surface area contributed by atoms with Crippen LogP contribution in [0.1, 0.15) is 17.3 Å². The highest BCUT2D eigenvalue weighted by molar-refractivity contribution is 9.10. The SMILES string of the molecule is CC(CS(C)(=O)=O)NC(=O)c1c(F)cc(Br)cc1F. The number of amides is 1. The van der Waals surface area contributed by atoms with Crippen LogP contribution in [0.25, 0.3) is 0 Å². The summed E-state index contributed by atoms with van der Waals surface area (Å²) in [4.78, 5) is 11.7. The zero-order valence-electron chi connectivity index (χ0n) is 10.2. The van der Waals surface area contributed by atoms with Gasteiger partial charge in [0.1, 0.15) is 27.0 Å². The van der Waals surface area contributed by atoms with Crippen molar-refractivity contribution in [2.24, 2.45) is 0 Å². The number of rotatable bonds is 4. The first-order valence-corrected chi connectivity index (χ1v) is 8.08. The zero-order valence-corrected chi connectivity index (χ0v) is 12.6. The maximum Gasteiger partial charge on any atom is 0.257 e. The van der Waals surface area contributed by atoms with E-state index >= 15 is 0 Å². The molecule has 1 N–H and O–H groups in total. The van der Waals surface area contributed by atoms with Crippen LogP contribution in [0.15, 0.2) is 16.6 Å². The third-order valence-corrected chi connectivity index (χ3v) is 3.73. The Morgan fingerprint density at radius 3 is 2.26 bits per heavy atom. The Kier molecular flexibility index (Phi) is 5.03. The molecule has 0 bridgehead atoms. The number of hydrogen-bond acceptors (Lipinski definition) is 3. The van der Waals surface area contributed by atoms with Crippen molar-refractivity contribution in [1.29, 1.82) is 0 Å². The van der Waals surface area contributed by atoms with Crippen molar-refractivity contribution in [3.05, 3.63) is 33.8 Å². The standard InChI is InChI=1S/C11H12BrF2NO3S/c1-6(5-19(2,17)18)15-11(16)10-8(13)3-7(12)4-9(10)14/h3-4,6H,5H2,1-2H3,(H,15,16). The number of carbonyl (C=O) groups is 1. The largest absolute Gasteiger partial charge is 0.348 e. The minimum Gasteiger partial charge on any atom is -0.348 e. The van der Waals surface area contributed by atoms with E-state index in [0.717, 1.165) is 18.4 Å². The van der Waals surface area contributed by atoms with E-state index in [1.165, 1.54) is 6.92 Å². The van der Waals surface area contributed by atoms with Gasteiger partial charge in [-0.2, -0.15) is 0 Å². The highest BCUT2D eigenvalue weighted by atomic mass is 79.9. The van der Waals surface area contributed by atoms with Crippen molar-refractivity contribution in [3.63, 3.8) is 0 Å². The molecule has 0 saturated heterocycles. The third kappa shape index (κ3) is 4.87. The summed E-state index contributed by atoms with van der Waals surface area (Å²) in [5.41, 5.74) is -0.733. The molecule has 19 heavy (non-hydrogen) atoms. The fourth-order valence-corrected chi connectivity index (χ4v) is 2.94. The number of sulfone groups is 1. The topological polar surface area (TPSA) is 63.2 Å². The highest BCUT2D eigenvalue weighted by Crippen LogP contribution is 2.19. The molecule has 0 fully saturated rings. The van der Waals surface area contributed by atoms with Gasteiger partial charge in [-0.25, -0.2) is 17.2 Å². The quantitative estimate of drug-likeness (QED) is 0.896. The summed E-state index contributed by atoms with van der Waals surface area (Å²) < 4.78 is 49.2. The molecule has 1 aromatic carbocycles. The Hall–Kier alpha value is -1.02. The first-order valence-electron chi connectivity index (χ1n) is 5.23. The molecule has 1 aromatic rings. The number of nitrogens with one attached hydrogen (secondary N) is 1. The lowest BCUT2D eigenvalue weighted by atomic mass is 10.1. The van der Waals surface area contributed by atoms with Gasteiger partial charge in [0.05, 0.1) is 5.75 Å². The van der Waals surface area contributed by atoms with Crippen LogP contribution in [0.2, 0.25) is 0 Å². The minimum absolute atomic E-state index is 0.170. The molecular weight excluding hydrogens is 344 g/mol. The normalized spacial score (nSPS) is 13.1. The molecular formula is C11H12BrF2NO3S. The summed E-state index contributed by atoms with van der Waals surface area (Å²) in [5.74, 6) is -3.33. The Bertz CT molecular complexity index is 581. The number of benzene rings is 1. The number of hydrogen-bond donors (Lipinski definition) is 1. The van der Waals surface area contributed by atoms with E-state index in [0.29, 0.717) is 0 Å². The van der Waals surface area contributed by atoms with Gasteiger partial charge in [-0.3, -0.25) is 4.79 Å². The second kappa shape index (κ2) is 5.96.